The van der Waals surface area contributed by atoms with Crippen LogP contribution in [0.25, 0.3) is 0 Å². The Bertz CT molecular complexity index is 1510. The van der Waals surface area contributed by atoms with Crippen LogP contribution < -0.4 is 20.1 Å². The molecule has 1 atom stereocenters. The van der Waals surface area contributed by atoms with E-state index in [9.17, 15) is 18.0 Å². The highest BCUT2D eigenvalue weighted by molar-refractivity contribution is 5.96. The first-order chi connectivity index (χ1) is 20.5. The number of nitrogens with zero attached hydrogens (tertiary/aromatic N) is 3. The quantitative estimate of drug-likeness (QED) is 0.305. The van der Waals surface area contributed by atoms with Gasteiger partial charge < -0.3 is 29.7 Å². The molecule has 9 nitrogen and oxygen atoms in total. The van der Waals surface area contributed by atoms with Crippen molar-refractivity contribution in [2.24, 2.45) is 0 Å². The summed E-state index contributed by atoms with van der Waals surface area (Å²) < 4.78 is 73.7. The first kappa shape index (κ1) is 30.5. The van der Waals surface area contributed by atoms with E-state index in [2.05, 4.69) is 25.5 Å². The van der Waals surface area contributed by atoms with Gasteiger partial charge in [-0.25, -0.2) is 9.37 Å². The van der Waals surface area contributed by atoms with Crippen molar-refractivity contribution < 1.29 is 36.6 Å². The molecule has 0 spiro atoms. The number of amides is 1. The molecule has 43 heavy (non-hydrogen) atoms. The van der Waals surface area contributed by atoms with Gasteiger partial charge in [0.05, 0.1) is 24.5 Å². The van der Waals surface area contributed by atoms with Gasteiger partial charge in [0.1, 0.15) is 22.9 Å². The van der Waals surface area contributed by atoms with Gasteiger partial charge in [0.15, 0.2) is 0 Å². The van der Waals surface area contributed by atoms with Crippen LogP contribution in [-0.2, 0) is 17.3 Å². The Morgan fingerprint density at radius 2 is 1.84 bits per heavy atom. The molecule has 1 aromatic heterocycles. The van der Waals surface area contributed by atoms with Crippen LogP contribution in [0.3, 0.4) is 0 Å². The van der Waals surface area contributed by atoms with Crippen molar-refractivity contribution in [1.29, 1.82) is 0 Å². The molecular weight excluding hydrogens is 570 g/mol. The number of aromatic nitrogens is 2. The number of benzene rings is 2. The Labute approximate surface area is 246 Å². The maximum absolute atomic E-state index is 15.2. The lowest BCUT2D eigenvalue weighted by atomic mass is 10.0. The molecule has 1 saturated heterocycles. The van der Waals surface area contributed by atoms with Crippen molar-refractivity contribution in [3.05, 3.63) is 64.1 Å². The van der Waals surface area contributed by atoms with Gasteiger partial charge in [-0.1, -0.05) is 6.07 Å². The van der Waals surface area contributed by atoms with Crippen LogP contribution in [0.4, 0.5) is 29.2 Å². The molecule has 2 heterocycles. The van der Waals surface area contributed by atoms with Crippen LogP contribution in [0, 0.1) is 12.7 Å². The number of carbonyl (C=O) groups excluding carboxylic acids is 1. The third-order valence-corrected chi connectivity index (χ3v) is 7.91. The van der Waals surface area contributed by atoms with E-state index in [0.29, 0.717) is 24.6 Å². The summed E-state index contributed by atoms with van der Waals surface area (Å²) in [6.07, 6.45) is -1.68. The Morgan fingerprint density at radius 1 is 1.09 bits per heavy atom. The molecule has 230 valence electrons. The largest absolute Gasteiger partial charge is 0.495 e. The van der Waals surface area contributed by atoms with E-state index in [1.165, 1.54) is 20.3 Å². The normalized spacial score (nSPS) is 17.4. The number of aryl methyl sites for hydroxylation is 1. The highest BCUT2D eigenvalue weighted by atomic mass is 19.4. The summed E-state index contributed by atoms with van der Waals surface area (Å²) in [6.45, 7) is 3.56. The van der Waals surface area contributed by atoms with Gasteiger partial charge in [0.2, 0.25) is 11.8 Å². The maximum Gasteiger partial charge on any atom is 0.423 e. The summed E-state index contributed by atoms with van der Waals surface area (Å²) in [5, 5.41) is 5.56. The number of nitrogens with one attached hydrogen (secondary N) is 2. The zero-order valence-corrected chi connectivity index (χ0v) is 24.3. The van der Waals surface area contributed by atoms with Gasteiger partial charge in [-0.05, 0) is 76.0 Å². The first-order valence-corrected chi connectivity index (χ1v) is 13.9. The van der Waals surface area contributed by atoms with Crippen molar-refractivity contribution in [2.75, 3.05) is 39.7 Å². The lowest BCUT2D eigenvalue weighted by Crippen LogP contribution is -2.43. The lowest BCUT2D eigenvalue weighted by Gasteiger charge is -2.29. The van der Waals surface area contributed by atoms with E-state index in [4.69, 9.17) is 14.2 Å². The third kappa shape index (κ3) is 6.52. The van der Waals surface area contributed by atoms with Crippen LogP contribution in [0.15, 0.2) is 30.5 Å². The van der Waals surface area contributed by atoms with E-state index in [-0.39, 0.29) is 40.8 Å². The third-order valence-electron chi connectivity index (χ3n) is 7.91. The first-order valence-electron chi connectivity index (χ1n) is 13.9. The zero-order valence-electron chi connectivity index (χ0n) is 24.3. The predicted molar refractivity (Wildman–Crippen MR) is 151 cm³/mol. The Hall–Kier alpha value is -3.97. The van der Waals surface area contributed by atoms with Crippen molar-refractivity contribution in [3.8, 4) is 17.4 Å². The SMILES string of the molecule is COc1cc(C(=O)NC2CCN(C)CC2)c(F)cc1Nc1ncc(C(F)(F)F)c(Oc2ccc(C)c3c2C(OC)CC3)n1. The van der Waals surface area contributed by atoms with Crippen LogP contribution in [0.2, 0.25) is 0 Å². The Kier molecular flexibility index (Phi) is 8.74. The van der Waals surface area contributed by atoms with Gasteiger partial charge in [0.25, 0.3) is 5.91 Å². The molecule has 2 N–H and O–H groups in total. The number of rotatable bonds is 8. The smallest absolute Gasteiger partial charge is 0.423 e. The summed E-state index contributed by atoms with van der Waals surface area (Å²) in [4.78, 5) is 22.8. The molecule has 0 bridgehead atoms. The second kappa shape index (κ2) is 12.3. The fourth-order valence-electron chi connectivity index (χ4n) is 5.51. The van der Waals surface area contributed by atoms with E-state index in [1.807, 2.05) is 14.0 Å². The van der Waals surface area contributed by atoms with E-state index in [1.54, 1.807) is 12.1 Å². The van der Waals surface area contributed by atoms with E-state index < -0.39 is 29.3 Å². The number of piperidine rings is 1. The van der Waals surface area contributed by atoms with Crippen molar-refractivity contribution in [2.45, 2.75) is 50.9 Å². The number of hydrogen-bond donors (Lipinski definition) is 2. The van der Waals surface area contributed by atoms with Crippen LogP contribution in [0.5, 0.6) is 17.4 Å². The molecule has 1 amide bonds. The van der Waals surface area contributed by atoms with Crippen LogP contribution in [-0.4, -0.2) is 61.2 Å². The van der Waals surface area contributed by atoms with Crippen molar-refractivity contribution >= 4 is 17.5 Å². The van der Waals surface area contributed by atoms with Crippen LogP contribution in [0.1, 0.15) is 58.0 Å². The molecule has 3 aromatic rings. The van der Waals surface area contributed by atoms with Gasteiger partial charge in [-0.3, -0.25) is 4.79 Å². The molecule has 1 fully saturated rings. The second-order valence-corrected chi connectivity index (χ2v) is 10.8. The average Bonchev–Trinajstić information content (AvgIpc) is 3.41. The zero-order chi connectivity index (χ0) is 30.9. The minimum Gasteiger partial charge on any atom is -0.495 e. The standard InChI is InChI=1S/C30H33F4N5O4/c1-16-5-7-24(26-18(16)6-8-23(26)41-3)43-28-20(30(32,33)34)15-35-29(38-28)37-22-14-21(31)19(13-25(22)42-4)27(40)36-17-9-11-39(2)12-10-17/h5,7,13-15,17,23H,6,8-12H2,1-4H3,(H,36,40)(H,35,37,38). The number of halogens is 4. The minimum atomic E-state index is -4.81. The molecule has 0 saturated carbocycles. The number of alkyl halides is 3. The number of methoxy groups -OCH3 is 2. The molecule has 5 rings (SSSR count). The molecule has 1 unspecified atom stereocenters. The molecular formula is C30H33F4N5O4. The van der Waals surface area contributed by atoms with Crippen molar-refractivity contribution in [3.63, 3.8) is 0 Å². The predicted octanol–water partition coefficient (Wildman–Crippen LogP) is 5.95. The Balaban J connectivity index is 1.43. The number of hydrogen-bond acceptors (Lipinski definition) is 8. The van der Waals surface area contributed by atoms with E-state index in [0.717, 1.165) is 43.1 Å². The molecule has 2 aromatic carbocycles. The summed E-state index contributed by atoms with van der Waals surface area (Å²) in [7, 11) is 4.86. The highest BCUT2D eigenvalue weighted by Gasteiger charge is 2.37. The monoisotopic (exact) mass is 603 g/mol. The number of anilines is 2. The Morgan fingerprint density at radius 3 is 2.51 bits per heavy atom. The second-order valence-electron chi connectivity index (χ2n) is 10.8. The number of carbonyl (C=O) groups is 1. The van der Waals surface area contributed by atoms with E-state index >= 15 is 4.39 Å². The van der Waals surface area contributed by atoms with Crippen molar-refractivity contribution in [1.82, 2.24) is 20.2 Å². The lowest BCUT2D eigenvalue weighted by molar-refractivity contribution is -0.139. The number of likely N-dealkylation sites (tertiary alicyclic amines) is 1. The summed E-state index contributed by atoms with van der Waals surface area (Å²) >= 11 is 0. The molecule has 1 aliphatic carbocycles. The fourth-order valence-corrected chi connectivity index (χ4v) is 5.51. The topological polar surface area (TPSA) is 97.8 Å². The van der Waals surface area contributed by atoms with Gasteiger partial charge in [-0.15, -0.1) is 0 Å². The summed E-state index contributed by atoms with van der Waals surface area (Å²) in [6, 6.07) is 5.52. The number of ether oxygens (including phenoxy) is 3. The molecule has 0 radical (unpaired) electrons. The fraction of sp³-hybridized carbons (Fsp3) is 0.433. The summed E-state index contributed by atoms with van der Waals surface area (Å²) in [5.74, 6) is -2.19. The molecule has 2 aliphatic rings. The highest BCUT2D eigenvalue weighted by Crippen LogP contribution is 2.45. The van der Waals surface area contributed by atoms with Gasteiger partial charge in [0, 0.05) is 31.0 Å². The van der Waals surface area contributed by atoms with Gasteiger partial charge in [-0.2, -0.15) is 18.2 Å². The maximum atomic E-state index is 15.2. The van der Waals surface area contributed by atoms with Crippen LogP contribution >= 0.6 is 0 Å². The number of fused-ring (bicyclic) bond motifs is 1. The molecule has 13 heteroatoms. The molecule has 1 aliphatic heterocycles. The summed E-state index contributed by atoms with van der Waals surface area (Å²) in [5.41, 5.74) is 1.24. The average molecular weight is 604 g/mol. The van der Waals surface area contributed by atoms with Gasteiger partial charge >= 0.3 is 6.18 Å². The minimum absolute atomic E-state index is 0.0113.